The summed E-state index contributed by atoms with van der Waals surface area (Å²) in [7, 11) is 0. The molecule has 0 radical (unpaired) electrons. The molecule has 1 aromatic carbocycles. The Kier molecular flexibility index (Phi) is 11.1. The molecule has 1 rings (SSSR count). The van der Waals surface area contributed by atoms with Gasteiger partial charge in [-0.25, -0.2) is 9.59 Å². The van der Waals surface area contributed by atoms with Crippen molar-refractivity contribution in [1.29, 1.82) is 0 Å². The first kappa shape index (κ1) is 21.9. The van der Waals surface area contributed by atoms with Crippen LogP contribution in [0.15, 0.2) is 30.4 Å². The Balaban J connectivity index is 2.15. The van der Waals surface area contributed by atoms with Crippen molar-refractivity contribution >= 4 is 11.9 Å². The van der Waals surface area contributed by atoms with Crippen LogP contribution in [0.5, 0.6) is 5.75 Å². The fourth-order valence-corrected chi connectivity index (χ4v) is 2.73. The van der Waals surface area contributed by atoms with Crippen molar-refractivity contribution in [2.24, 2.45) is 0 Å². The minimum absolute atomic E-state index is 0.393. The van der Waals surface area contributed by atoms with Crippen LogP contribution in [0.2, 0.25) is 0 Å². The molecule has 0 heterocycles. The lowest BCUT2D eigenvalue weighted by molar-refractivity contribution is -0.138. The van der Waals surface area contributed by atoms with Crippen molar-refractivity contribution < 1.29 is 19.1 Å². The molecule has 0 unspecified atom stereocenters. The third-order valence-corrected chi connectivity index (χ3v) is 4.01. The molecule has 26 heavy (non-hydrogen) atoms. The lowest BCUT2D eigenvalue weighted by Crippen LogP contribution is -2.07. The van der Waals surface area contributed by atoms with Crippen LogP contribution in [-0.2, 0) is 14.3 Å². The Morgan fingerprint density at radius 3 is 1.96 bits per heavy atom. The second kappa shape index (κ2) is 13.2. The molecule has 0 saturated heterocycles. The zero-order valence-corrected chi connectivity index (χ0v) is 16.4. The zero-order chi connectivity index (χ0) is 19.2. The minimum atomic E-state index is -0.584. The maximum absolute atomic E-state index is 11.7. The lowest BCUT2D eigenvalue weighted by Gasteiger charge is -2.04. The predicted molar refractivity (Wildman–Crippen MR) is 104 cm³/mol. The standard InChI is InChI=1S/C22H32O4/c1-4-5-6-7-8-9-10-11-14-25-21(23)12-13-22(24)26-20-16-18(2)15-19(3)17-20/h12-13,15-17H,4-11,14H2,1-3H3/b13-12+. The SMILES string of the molecule is CCCCCCCCCCOC(=O)/C=C/C(=O)Oc1cc(C)cc(C)c1. The van der Waals surface area contributed by atoms with Gasteiger partial charge in [0.2, 0.25) is 0 Å². The van der Waals surface area contributed by atoms with Gasteiger partial charge in [0.05, 0.1) is 6.61 Å². The van der Waals surface area contributed by atoms with Gasteiger partial charge in [0.15, 0.2) is 0 Å². The van der Waals surface area contributed by atoms with Gasteiger partial charge in [-0.2, -0.15) is 0 Å². The molecule has 0 aliphatic carbocycles. The Morgan fingerprint density at radius 1 is 0.808 bits per heavy atom. The van der Waals surface area contributed by atoms with Crippen molar-refractivity contribution in [2.75, 3.05) is 6.61 Å². The molecule has 1 aromatic rings. The largest absolute Gasteiger partial charge is 0.463 e. The van der Waals surface area contributed by atoms with Gasteiger partial charge in [-0.3, -0.25) is 0 Å². The van der Waals surface area contributed by atoms with E-state index in [4.69, 9.17) is 9.47 Å². The van der Waals surface area contributed by atoms with Crippen molar-refractivity contribution in [1.82, 2.24) is 0 Å². The highest BCUT2D eigenvalue weighted by molar-refractivity contribution is 5.92. The molecule has 144 valence electrons. The number of rotatable bonds is 12. The topological polar surface area (TPSA) is 52.6 Å². The number of esters is 2. The van der Waals surface area contributed by atoms with E-state index in [1.165, 1.54) is 38.5 Å². The lowest BCUT2D eigenvalue weighted by atomic mass is 10.1. The van der Waals surface area contributed by atoms with E-state index >= 15 is 0 Å². The summed E-state index contributed by atoms with van der Waals surface area (Å²) >= 11 is 0. The number of unbranched alkanes of at least 4 members (excludes halogenated alkanes) is 7. The molecule has 0 aliphatic heterocycles. The molecule has 0 saturated carbocycles. The number of ether oxygens (including phenoxy) is 2. The number of aryl methyl sites for hydroxylation is 2. The number of carbonyl (C=O) groups excluding carboxylic acids is 2. The average Bonchev–Trinajstić information content (AvgIpc) is 2.57. The Labute approximate surface area is 157 Å². The number of hydrogen-bond acceptors (Lipinski definition) is 4. The van der Waals surface area contributed by atoms with Crippen LogP contribution >= 0.6 is 0 Å². The summed E-state index contributed by atoms with van der Waals surface area (Å²) in [6.07, 6.45) is 11.8. The van der Waals surface area contributed by atoms with E-state index in [9.17, 15) is 9.59 Å². The molecule has 0 amide bonds. The fourth-order valence-electron chi connectivity index (χ4n) is 2.73. The maximum Gasteiger partial charge on any atom is 0.336 e. The predicted octanol–water partition coefficient (Wildman–Crippen LogP) is 5.45. The van der Waals surface area contributed by atoms with E-state index in [0.29, 0.717) is 12.4 Å². The maximum atomic E-state index is 11.7. The second-order valence-corrected chi connectivity index (χ2v) is 6.72. The average molecular weight is 360 g/mol. The normalized spacial score (nSPS) is 10.9. The molecule has 0 aromatic heterocycles. The minimum Gasteiger partial charge on any atom is -0.463 e. The smallest absolute Gasteiger partial charge is 0.336 e. The van der Waals surface area contributed by atoms with Gasteiger partial charge in [0.25, 0.3) is 0 Å². The van der Waals surface area contributed by atoms with E-state index in [0.717, 1.165) is 36.1 Å². The van der Waals surface area contributed by atoms with Gasteiger partial charge >= 0.3 is 11.9 Å². The summed E-state index contributed by atoms with van der Waals surface area (Å²) in [5.41, 5.74) is 2.03. The number of benzene rings is 1. The Hall–Kier alpha value is -2.10. The molecule has 0 spiro atoms. The highest BCUT2D eigenvalue weighted by atomic mass is 16.5. The second-order valence-electron chi connectivity index (χ2n) is 6.72. The van der Waals surface area contributed by atoms with Crippen LogP contribution in [0.25, 0.3) is 0 Å². The summed E-state index contributed by atoms with van der Waals surface area (Å²) in [5, 5.41) is 0. The third kappa shape index (κ3) is 10.7. The van der Waals surface area contributed by atoms with Gasteiger partial charge in [-0.05, 0) is 43.5 Å². The molecule has 0 aliphatic rings. The highest BCUT2D eigenvalue weighted by Crippen LogP contribution is 2.16. The van der Waals surface area contributed by atoms with Crippen LogP contribution < -0.4 is 4.74 Å². The summed E-state index contributed by atoms with van der Waals surface area (Å²) in [6, 6.07) is 5.55. The van der Waals surface area contributed by atoms with E-state index in [1.807, 2.05) is 19.9 Å². The molecule has 4 nitrogen and oxygen atoms in total. The van der Waals surface area contributed by atoms with Gasteiger partial charge in [0.1, 0.15) is 5.75 Å². The van der Waals surface area contributed by atoms with Crippen LogP contribution in [-0.4, -0.2) is 18.5 Å². The van der Waals surface area contributed by atoms with E-state index in [2.05, 4.69) is 6.92 Å². The monoisotopic (exact) mass is 360 g/mol. The zero-order valence-electron chi connectivity index (χ0n) is 16.4. The number of carbonyl (C=O) groups is 2. The van der Waals surface area contributed by atoms with Crippen LogP contribution in [0.1, 0.15) is 69.4 Å². The molecular formula is C22H32O4. The molecule has 0 atom stereocenters. The summed E-state index contributed by atoms with van der Waals surface area (Å²) in [4.78, 5) is 23.3. The van der Waals surface area contributed by atoms with E-state index < -0.39 is 11.9 Å². The summed E-state index contributed by atoms with van der Waals surface area (Å²) in [6.45, 7) is 6.47. The first-order chi connectivity index (χ1) is 12.5. The fraction of sp³-hybridized carbons (Fsp3) is 0.545. The van der Waals surface area contributed by atoms with E-state index in [1.54, 1.807) is 12.1 Å². The first-order valence-corrected chi connectivity index (χ1v) is 9.66. The van der Waals surface area contributed by atoms with Crippen molar-refractivity contribution in [3.05, 3.63) is 41.5 Å². The summed E-state index contributed by atoms with van der Waals surface area (Å²) in [5.74, 6) is -0.617. The van der Waals surface area contributed by atoms with Gasteiger partial charge in [0, 0.05) is 12.2 Å². The Bertz CT molecular complexity index is 570. The van der Waals surface area contributed by atoms with Gasteiger partial charge in [-0.15, -0.1) is 0 Å². The van der Waals surface area contributed by atoms with E-state index in [-0.39, 0.29) is 0 Å². The van der Waals surface area contributed by atoms with Crippen molar-refractivity contribution in [3.8, 4) is 5.75 Å². The van der Waals surface area contributed by atoms with Crippen LogP contribution in [0.3, 0.4) is 0 Å². The summed E-state index contributed by atoms with van der Waals surface area (Å²) < 4.78 is 10.3. The molecular weight excluding hydrogens is 328 g/mol. The molecule has 4 heteroatoms. The van der Waals surface area contributed by atoms with Crippen LogP contribution in [0, 0.1) is 13.8 Å². The van der Waals surface area contributed by atoms with Crippen molar-refractivity contribution in [3.63, 3.8) is 0 Å². The van der Waals surface area contributed by atoms with Crippen LogP contribution in [0.4, 0.5) is 0 Å². The molecule has 0 bridgehead atoms. The Morgan fingerprint density at radius 2 is 1.35 bits per heavy atom. The highest BCUT2D eigenvalue weighted by Gasteiger charge is 2.04. The molecule has 0 N–H and O–H groups in total. The third-order valence-electron chi connectivity index (χ3n) is 4.01. The first-order valence-electron chi connectivity index (χ1n) is 9.66. The number of hydrogen-bond donors (Lipinski definition) is 0. The van der Waals surface area contributed by atoms with Crippen molar-refractivity contribution in [2.45, 2.75) is 72.1 Å². The quantitative estimate of drug-likeness (QED) is 0.215. The molecule has 0 fully saturated rings. The van der Waals surface area contributed by atoms with Gasteiger partial charge < -0.3 is 9.47 Å². The van der Waals surface area contributed by atoms with Gasteiger partial charge in [-0.1, -0.05) is 57.9 Å².